The topological polar surface area (TPSA) is 92.1 Å². The van der Waals surface area contributed by atoms with Crippen molar-refractivity contribution in [3.8, 4) is 17.0 Å². The fourth-order valence-electron chi connectivity index (χ4n) is 4.54. The van der Waals surface area contributed by atoms with Crippen LogP contribution in [0.4, 0.5) is 23.0 Å². The zero-order valence-corrected chi connectivity index (χ0v) is 19.4. The number of H-pyrrole nitrogens is 1. The summed E-state index contributed by atoms with van der Waals surface area (Å²) in [5.74, 6) is 1.98. The van der Waals surface area contributed by atoms with Crippen LogP contribution in [0.2, 0.25) is 0 Å². The van der Waals surface area contributed by atoms with Gasteiger partial charge in [-0.25, -0.2) is 9.97 Å². The van der Waals surface area contributed by atoms with Crippen LogP contribution in [0.5, 0.6) is 5.75 Å². The predicted molar refractivity (Wildman–Crippen MR) is 135 cm³/mol. The first-order chi connectivity index (χ1) is 16.0. The van der Waals surface area contributed by atoms with Gasteiger partial charge >= 0.3 is 0 Å². The molecule has 7 heteroatoms. The molecular formula is C26H30N6O. The van der Waals surface area contributed by atoms with E-state index in [1.165, 1.54) is 12.8 Å². The molecule has 170 valence electrons. The van der Waals surface area contributed by atoms with Gasteiger partial charge in [0.1, 0.15) is 5.75 Å². The van der Waals surface area contributed by atoms with Gasteiger partial charge in [-0.3, -0.25) is 0 Å². The van der Waals surface area contributed by atoms with Crippen molar-refractivity contribution >= 4 is 33.9 Å². The molecule has 2 aromatic carbocycles. The number of ether oxygens (including phenoxy) is 1. The number of nitrogen functional groups attached to an aromatic ring is 1. The third kappa shape index (κ3) is 4.06. The Labute approximate surface area is 194 Å². The van der Waals surface area contributed by atoms with Crippen molar-refractivity contribution in [1.82, 2.24) is 15.0 Å². The number of piperidine rings is 1. The SMILES string of the molecule is COc1cc(N2CCC(C)CC2)c(N)cc1Nc1ncc(C)c(-c2c[nH]c3ccccc23)n1. The molecule has 4 aromatic rings. The van der Waals surface area contributed by atoms with Crippen LogP contribution in [-0.4, -0.2) is 35.2 Å². The highest BCUT2D eigenvalue weighted by Gasteiger charge is 2.20. The summed E-state index contributed by atoms with van der Waals surface area (Å²) >= 11 is 0. The van der Waals surface area contributed by atoms with E-state index in [1.54, 1.807) is 7.11 Å². The molecule has 0 radical (unpaired) electrons. The zero-order chi connectivity index (χ0) is 22.9. The summed E-state index contributed by atoms with van der Waals surface area (Å²) in [6.07, 6.45) is 6.19. The van der Waals surface area contributed by atoms with Crippen molar-refractivity contribution in [1.29, 1.82) is 0 Å². The Kier molecular flexibility index (Phi) is 5.54. The number of nitrogens with two attached hydrogens (primary N) is 1. The molecule has 0 aliphatic carbocycles. The van der Waals surface area contributed by atoms with Gasteiger partial charge in [-0.1, -0.05) is 25.1 Å². The largest absolute Gasteiger partial charge is 0.494 e. The van der Waals surface area contributed by atoms with E-state index in [1.807, 2.05) is 43.6 Å². The van der Waals surface area contributed by atoms with Gasteiger partial charge in [-0.2, -0.15) is 0 Å². The average Bonchev–Trinajstić information content (AvgIpc) is 3.25. The van der Waals surface area contributed by atoms with Crippen LogP contribution in [0.3, 0.4) is 0 Å². The molecule has 1 aliphatic heterocycles. The van der Waals surface area contributed by atoms with Crippen LogP contribution < -0.4 is 20.7 Å². The maximum atomic E-state index is 6.48. The molecule has 3 heterocycles. The van der Waals surface area contributed by atoms with E-state index in [0.29, 0.717) is 5.95 Å². The second-order valence-corrected chi connectivity index (χ2v) is 8.88. The molecule has 1 aliphatic rings. The van der Waals surface area contributed by atoms with Crippen molar-refractivity contribution < 1.29 is 4.74 Å². The molecule has 7 nitrogen and oxygen atoms in total. The lowest BCUT2D eigenvalue weighted by Gasteiger charge is -2.33. The Morgan fingerprint density at radius 2 is 1.97 bits per heavy atom. The molecule has 0 spiro atoms. The molecule has 2 aromatic heterocycles. The van der Waals surface area contributed by atoms with Crippen molar-refractivity contribution in [3.05, 3.63) is 54.4 Å². The molecular weight excluding hydrogens is 412 g/mol. The minimum Gasteiger partial charge on any atom is -0.494 e. The van der Waals surface area contributed by atoms with Gasteiger partial charge in [-0.15, -0.1) is 0 Å². The van der Waals surface area contributed by atoms with E-state index in [9.17, 15) is 0 Å². The van der Waals surface area contributed by atoms with E-state index in [-0.39, 0.29) is 0 Å². The lowest BCUT2D eigenvalue weighted by Crippen LogP contribution is -2.33. The lowest BCUT2D eigenvalue weighted by molar-refractivity contribution is 0.415. The molecule has 0 atom stereocenters. The number of aromatic amines is 1. The number of rotatable bonds is 5. The first-order valence-electron chi connectivity index (χ1n) is 11.4. The van der Waals surface area contributed by atoms with Gasteiger partial charge in [0.15, 0.2) is 0 Å². The van der Waals surface area contributed by atoms with Crippen molar-refractivity contribution in [2.75, 3.05) is 36.1 Å². The Morgan fingerprint density at radius 3 is 2.76 bits per heavy atom. The maximum Gasteiger partial charge on any atom is 0.227 e. The van der Waals surface area contributed by atoms with Gasteiger partial charge in [-0.05, 0) is 43.4 Å². The molecule has 33 heavy (non-hydrogen) atoms. The summed E-state index contributed by atoms with van der Waals surface area (Å²) in [4.78, 5) is 15.0. The number of anilines is 4. The Bertz CT molecular complexity index is 1290. The van der Waals surface area contributed by atoms with Gasteiger partial charge in [0.05, 0.1) is 29.9 Å². The minimum atomic E-state index is 0.498. The normalized spacial score (nSPS) is 14.6. The number of hydrogen-bond acceptors (Lipinski definition) is 6. The third-order valence-electron chi connectivity index (χ3n) is 6.54. The molecule has 0 saturated carbocycles. The summed E-state index contributed by atoms with van der Waals surface area (Å²) in [5, 5.41) is 4.45. The first-order valence-corrected chi connectivity index (χ1v) is 11.4. The maximum absolute atomic E-state index is 6.48. The lowest BCUT2D eigenvalue weighted by atomic mass is 9.98. The molecule has 4 N–H and O–H groups in total. The highest BCUT2D eigenvalue weighted by molar-refractivity contribution is 5.95. The number of aryl methyl sites for hydroxylation is 1. The zero-order valence-electron chi connectivity index (χ0n) is 19.4. The number of nitrogens with one attached hydrogen (secondary N) is 2. The number of fused-ring (bicyclic) bond motifs is 1. The van der Waals surface area contributed by atoms with Gasteiger partial charge in [0.2, 0.25) is 5.95 Å². The number of para-hydroxylation sites is 1. The van der Waals surface area contributed by atoms with E-state index in [0.717, 1.165) is 69.5 Å². The summed E-state index contributed by atoms with van der Waals surface area (Å²) in [7, 11) is 1.67. The van der Waals surface area contributed by atoms with Crippen molar-refractivity contribution in [2.24, 2.45) is 5.92 Å². The van der Waals surface area contributed by atoms with Crippen LogP contribution in [0.25, 0.3) is 22.2 Å². The number of nitrogens with zero attached hydrogens (tertiary/aromatic N) is 3. The number of aromatic nitrogens is 3. The quantitative estimate of drug-likeness (QED) is 0.353. The van der Waals surface area contributed by atoms with Crippen LogP contribution in [-0.2, 0) is 0 Å². The predicted octanol–water partition coefficient (Wildman–Crippen LogP) is 5.50. The number of methoxy groups -OCH3 is 1. The highest BCUT2D eigenvalue weighted by Crippen LogP contribution is 2.38. The standard InChI is InChI=1S/C26H30N6O/c1-16-8-10-32(11-9-16)23-13-24(33-3)22(12-20(23)27)30-26-29-14-17(2)25(31-26)19-15-28-21-7-5-4-6-18(19)21/h4-7,12-16,28H,8-11,27H2,1-3H3,(H,29,30,31). The molecule has 5 rings (SSSR count). The minimum absolute atomic E-state index is 0.498. The second-order valence-electron chi connectivity index (χ2n) is 8.88. The van der Waals surface area contributed by atoms with E-state index >= 15 is 0 Å². The van der Waals surface area contributed by atoms with Crippen LogP contribution >= 0.6 is 0 Å². The molecule has 0 amide bonds. The number of benzene rings is 2. The van der Waals surface area contributed by atoms with Gasteiger partial charge < -0.3 is 25.7 Å². The second kappa shape index (κ2) is 8.65. The summed E-state index contributed by atoms with van der Waals surface area (Å²) in [6.45, 7) is 6.35. The molecule has 0 unspecified atom stereocenters. The monoisotopic (exact) mass is 442 g/mol. The number of hydrogen-bond donors (Lipinski definition) is 3. The van der Waals surface area contributed by atoms with Gasteiger partial charge in [0, 0.05) is 48.0 Å². The summed E-state index contributed by atoms with van der Waals surface area (Å²) in [5.41, 5.74) is 13.0. The molecule has 1 fully saturated rings. The summed E-state index contributed by atoms with van der Waals surface area (Å²) in [6, 6.07) is 12.1. The van der Waals surface area contributed by atoms with Crippen molar-refractivity contribution in [3.63, 3.8) is 0 Å². The van der Waals surface area contributed by atoms with Crippen LogP contribution in [0.15, 0.2) is 48.8 Å². The average molecular weight is 443 g/mol. The van der Waals surface area contributed by atoms with Crippen LogP contribution in [0.1, 0.15) is 25.3 Å². The van der Waals surface area contributed by atoms with Gasteiger partial charge in [0.25, 0.3) is 0 Å². The van der Waals surface area contributed by atoms with Crippen LogP contribution in [0, 0.1) is 12.8 Å². The first kappa shape index (κ1) is 21.1. The molecule has 1 saturated heterocycles. The smallest absolute Gasteiger partial charge is 0.227 e. The fraction of sp³-hybridized carbons (Fsp3) is 0.308. The van der Waals surface area contributed by atoms with E-state index in [4.69, 9.17) is 15.5 Å². The van der Waals surface area contributed by atoms with E-state index < -0.39 is 0 Å². The molecule has 0 bridgehead atoms. The Morgan fingerprint density at radius 1 is 1.18 bits per heavy atom. The highest BCUT2D eigenvalue weighted by atomic mass is 16.5. The Hall–Kier alpha value is -3.74. The fourth-order valence-corrected chi connectivity index (χ4v) is 4.54. The Balaban J connectivity index is 1.47. The summed E-state index contributed by atoms with van der Waals surface area (Å²) < 4.78 is 5.70. The third-order valence-corrected chi connectivity index (χ3v) is 6.54. The van der Waals surface area contributed by atoms with E-state index in [2.05, 4.69) is 39.2 Å². The van der Waals surface area contributed by atoms with Crippen molar-refractivity contribution in [2.45, 2.75) is 26.7 Å².